The van der Waals surface area contributed by atoms with Crippen LogP contribution in [-0.2, 0) is 0 Å². The van der Waals surface area contributed by atoms with Gasteiger partial charge in [-0.15, -0.1) is 0 Å². The molecule has 2 unspecified atom stereocenters. The van der Waals surface area contributed by atoms with E-state index in [1.54, 1.807) is 12.1 Å². The SMILES string of the molecule is NC(c1cc(Br)ccc1F)C1CN2CCN1CC2. The third-order valence-electron chi connectivity index (χ3n) is 4.05. The second-order valence-corrected chi connectivity index (χ2v) is 6.01. The van der Waals surface area contributed by atoms with Gasteiger partial charge in [-0.1, -0.05) is 15.9 Å². The molecule has 0 spiro atoms. The molecular formula is C13H17BrFN3. The van der Waals surface area contributed by atoms with Gasteiger partial charge in [-0.05, 0) is 18.2 Å². The highest BCUT2D eigenvalue weighted by atomic mass is 79.9. The van der Waals surface area contributed by atoms with Crippen LogP contribution in [0.1, 0.15) is 11.6 Å². The van der Waals surface area contributed by atoms with E-state index in [1.165, 1.54) is 6.07 Å². The lowest BCUT2D eigenvalue weighted by atomic mass is 9.94. The standard InChI is InChI=1S/C13H17BrFN3/c14-9-1-2-11(15)10(7-9)13(16)12-8-17-3-5-18(12)6-4-17/h1-2,7,12-13H,3-6,8,16H2. The lowest BCUT2D eigenvalue weighted by molar-refractivity contribution is 0.00170. The van der Waals surface area contributed by atoms with Gasteiger partial charge in [0.15, 0.2) is 0 Å². The number of piperazine rings is 3. The fourth-order valence-electron chi connectivity index (χ4n) is 2.98. The highest BCUT2D eigenvalue weighted by Crippen LogP contribution is 2.28. The molecule has 2 N–H and O–H groups in total. The maximum atomic E-state index is 13.9. The Morgan fingerprint density at radius 3 is 2.61 bits per heavy atom. The van der Waals surface area contributed by atoms with Crippen molar-refractivity contribution in [1.29, 1.82) is 0 Å². The first-order valence-corrected chi connectivity index (χ1v) is 7.11. The first-order valence-electron chi connectivity index (χ1n) is 6.32. The van der Waals surface area contributed by atoms with Crippen LogP contribution in [0.15, 0.2) is 22.7 Å². The number of rotatable bonds is 2. The largest absolute Gasteiger partial charge is 0.323 e. The van der Waals surface area contributed by atoms with E-state index in [4.69, 9.17) is 5.73 Å². The van der Waals surface area contributed by atoms with Gasteiger partial charge in [-0.3, -0.25) is 9.80 Å². The molecule has 2 atom stereocenters. The monoisotopic (exact) mass is 313 g/mol. The number of halogens is 2. The summed E-state index contributed by atoms with van der Waals surface area (Å²) in [5.41, 5.74) is 6.91. The highest BCUT2D eigenvalue weighted by molar-refractivity contribution is 9.10. The molecule has 4 rings (SSSR count). The van der Waals surface area contributed by atoms with Gasteiger partial charge < -0.3 is 5.73 Å². The fourth-order valence-corrected chi connectivity index (χ4v) is 3.35. The van der Waals surface area contributed by atoms with Crippen LogP contribution in [0.4, 0.5) is 4.39 Å². The zero-order chi connectivity index (χ0) is 12.7. The van der Waals surface area contributed by atoms with Crippen molar-refractivity contribution in [3.05, 3.63) is 34.1 Å². The van der Waals surface area contributed by atoms with Crippen molar-refractivity contribution < 1.29 is 4.39 Å². The molecule has 3 nitrogen and oxygen atoms in total. The van der Waals surface area contributed by atoms with Crippen molar-refractivity contribution in [3.63, 3.8) is 0 Å². The molecule has 0 saturated carbocycles. The Kier molecular flexibility index (Phi) is 3.40. The van der Waals surface area contributed by atoms with Crippen molar-refractivity contribution in [2.75, 3.05) is 32.7 Å². The summed E-state index contributed by atoms with van der Waals surface area (Å²) < 4.78 is 14.8. The molecule has 0 aliphatic carbocycles. The van der Waals surface area contributed by atoms with Gasteiger partial charge in [-0.2, -0.15) is 0 Å². The fraction of sp³-hybridized carbons (Fsp3) is 0.538. The number of nitrogens with zero attached hydrogens (tertiary/aromatic N) is 2. The van der Waals surface area contributed by atoms with Crippen LogP contribution in [-0.4, -0.2) is 48.6 Å². The Morgan fingerprint density at radius 2 is 2.00 bits per heavy atom. The van der Waals surface area contributed by atoms with Gasteiger partial charge in [0.1, 0.15) is 5.82 Å². The molecule has 5 heteroatoms. The summed E-state index contributed by atoms with van der Waals surface area (Å²) in [6.45, 7) is 5.28. The maximum absolute atomic E-state index is 13.9. The molecule has 3 saturated heterocycles. The Balaban J connectivity index is 1.85. The van der Waals surface area contributed by atoms with Crippen LogP contribution in [0.2, 0.25) is 0 Å². The van der Waals surface area contributed by atoms with Crippen LogP contribution in [0, 0.1) is 5.82 Å². The number of hydrogen-bond donors (Lipinski definition) is 1. The molecule has 98 valence electrons. The average Bonchev–Trinajstić information content (AvgIpc) is 2.42. The molecule has 0 radical (unpaired) electrons. The summed E-state index contributed by atoms with van der Waals surface area (Å²) in [5, 5.41) is 0. The quantitative estimate of drug-likeness (QED) is 0.900. The molecule has 3 heterocycles. The van der Waals surface area contributed by atoms with Gasteiger partial charge in [-0.25, -0.2) is 4.39 Å². The zero-order valence-corrected chi connectivity index (χ0v) is 11.7. The molecule has 3 fully saturated rings. The number of hydrogen-bond acceptors (Lipinski definition) is 3. The van der Waals surface area contributed by atoms with Gasteiger partial charge in [0.05, 0.1) is 0 Å². The number of fused-ring (bicyclic) bond motifs is 3. The van der Waals surface area contributed by atoms with Crippen LogP contribution >= 0.6 is 15.9 Å². The van der Waals surface area contributed by atoms with Crippen molar-refractivity contribution >= 4 is 15.9 Å². The van der Waals surface area contributed by atoms with E-state index in [1.807, 2.05) is 0 Å². The normalized spacial score (nSPS) is 32.5. The molecule has 1 aromatic carbocycles. The van der Waals surface area contributed by atoms with Crippen LogP contribution in [0.3, 0.4) is 0 Å². The van der Waals surface area contributed by atoms with Crippen LogP contribution in [0.5, 0.6) is 0 Å². The summed E-state index contributed by atoms with van der Waals surface area (Å²) in [4.78, 5) is 4.81. The minimum Gasteiger partial charge on any atom is -0.323 e. The van der Waals surface area contributed by atoms with Crippen LogP contribution < -0.4 is 5.73 Å². The summed E-state index contributed by atoms with van der Waals surface area (Å²) in [6.07, 6.45) is 0. The minimum absolute atomic E-state index is 0.205. The van der Waals surface area contributed by atoms with Gasteiger partial charge >= 0.3 is 0 Å². The maximum Gasteiger partial charge on any atom is 0.128 e. The third-order valence-corrected chi connectivity index (χ3v) is 4.55. The molecule has 18 heavy (non-hydrogen) atoms. The lowest BCUT2D eigenvalue weighted by Gasteiger charge is -2.49. The highest BCUT2D eigenvalue weighted by Gasteiger charge is 2.36. The third kappa shape index (κ3) is 2.20. The molecule has 1 aromatic rings. The summed E-state index contributed by atoms with van der Waals surface area (Å²) in [7, 11) is 0. The first-order chi connectivity index (χ1) is 8.65. The molecule has 3 aliphatic heterocycles. The predicted molar refractivity (Wildman–Crippen MR) is 72.8 cm³/mol. The van der Waals surface area contributed by atoms with E-state index in [2.05, 4.69) is 25.7 Å². The Bertz CT molecular complexity index is 446. The minimum atomic E-state index is -0.259. The predicted octanol–water partition coefficient (Wildman–Crippen LogP) is 1.59. The molecule has 2 bridgehead atoms. The van der Waals surface area contributed by atoms with Gasteiger partial charge in [0.2, 0.25) is 0 Å². The average molecular weight is 314 g/mol. The number of benzene rings is 1. The second-order valence-electron chi connectivity index (χ2n) is 5.10. The zero-order valence-electron chi connectivity index (χ0n) is 10.1. The molecule has 0 amide bonds. The summed E-state index contributed by atoms with van der Waals surface area (Å²) in [5.74, 6) is -0.205. The van der Waals surface area contributed by atoms with Gasteiger partial charge in [0, 0.05) is 54.8 Å². The Morgan fingerprint density at radius 1 is 1.28 bits per heavy atom. The summed E-state index contributed by atoms with van der Waals surface area (Å²) >= 11 is 3.38. The summed E-state index contributed by atoms with van der Waals surface area (Å²) in [6, 6.07) is 4.97. The Labute approximate surface area is 115 Å². The van der Waals surface area contributed by atoms with E-state index >= 15 is 0 Å². The topological polar surface area (TPSA) is 32.5 Å². The van der Waals surface area contributed by atoms with Crippen molar-refractivity contribution in [2.45, 2.75) is 12.1 Å². The molecule has 0 aromatic heterocycles. The van der Waals surface area contributed by atoms with E-state index < -0.39 is 0 Å². The molecule has 3 aliphatic rings. The van der Waals surface area contributed by atoms with Gasteiger partial charge in [0.25, 0.3) is 0 Å². The first kappa shape index (κ1) is 12.5. The van der Waals surface area contributed by atoms with E-state index in [-0.39, 0.29) is 17.9 Å². The smallest absolute Gasteiger partial charge is 0.128 e. The van der Waals surface area contributed by atoms with Crippen molar-refractivity contribution in [2.24, 2.45) is 5.73 Å². The van der Waals surface area contributed by atoms with Crippen molar-refractivity contribution in [1.82, 2.24) is 9.80 Å². The van der Waals surface area contributed by atoms with E-state index in [0.717, 1.165) is 37.2 Å². The van der Waals surface area contributed by atoms with Crippen LogP contribution in [0.25, 0.3) is 0 Å². The molecular weight excluding hydrogens is 297 g/mol. The van der Waals surface area contributed by atoms with E-state index in [9.17, 15) is 4.39 Å². The number of nitrogens with two attached hydrogens (primary N) is 1. The second kappa shape index (κ2) is 4.89. The van der Waals surface area contributed by atoms with E-state index in [0.29, 0.717) is 5.56 Å². The lowest BCUT2D eigenvalue weighted by Crippen LogP contribution is -2.63. The van der Waals surface area contributed by atoms with Crippen molar-refractivity contribution in [3.8, 4) is 0 Å². The Hall–Kier alpha value is -0.490.